The van der Waals surface area contributed by atoms with Crippen molar-refractivity contribution in [3.8, 4) is 12.3 Å². The maximum absolute atomic E-state index is 10.7. The highest BCUT2D eigenvalue weighted by atomic mass is 16.6. The summed E-state index contributed by atoms with van der Waals surface area (Å²) in [4.78, 5) is 15.0. The van der Waals surface area contributed by atoms with E-state index in [2.05, 4.69) is 11.1 Å². The van der Waals surface area contributed by atoms with E-state index in [4.69, 9.17) is 11.3 Å². The molecule has 5 heteroatoms. The van der Waals surface area contributed by atoms with Crippen LogP contribution in [0.2, 0.25) is 0 Å². The lowest BCUT2D eigenvalue weighted by Gasteiger charge is -2.01. The average Bonchev–Trinajstić information content (AvgIpc) is 2.29. The predicted molar refractivity (Wildman–Crippen MR) is 60.1 cm³/mol. The highest BCUT2D eigenvalue weighted by Crippen LogP contribution is 2.18. The number of nitrogens with zero attached hydrogens (tertiary/aromatic N) is 2. The Morgan fingerprint density at radius 1 is 1.62 bits per heavy atom. The molecule has 0 atom stereocenters. The Bertz CT molecular complexity index is 461. The molecule has 0 aromatic heterocycles. The maximum atomic E-state index is 10.7. The fourth-order valence-corrected chi connectivity index (χ4v) is 1.15. The number of rotatable bonds is 4. The highest BCUT2D eigenvalue weighted by Gasteiger charge is 2.14. The van der Waals surface area contributed by atoms with Crippen LogP contribution >= 0.6 is 0 Å². The van der Waals surface area contributed by atoms with E-state index in [9.17, 15) is 10.1 Å². The molecule has 0 amide bonds. The van der Waals surface area contributed by atoms with Crippen molar-refractivity contribution in [1.82, 2.24) is 0 Å². The van der Waals surface area contributed by atoms with Crippen molar-refractivity contribution in [1.29, 1.82) is 0 Å². The quantitative estimate of drug-likeness (QED) is 0.255. The predicted octanol–water partition coefficient (Wildman–Crippen LogP) is 1.97. The Kier molecular flexibility index (Phi) is 4.04. The molecule has 0 aliphatic rings. The first-order chi connectivity index (χ1) is 7.66. The smallest absolute Gasteiger partial charge is 0.278 e. The third-order valence-electron chi connectivity index (χ3n) is 1.84. The molecule has 0 N–H and O–H groups in total. The largest absolute Gasteiger partial charge is 0.382 e. The molecule has 1 aromatic carbocycles. The van der Waals surface area contributed by atoms with Gasteiger partial charge in [-0.2, -0.15) is 0 Å². The van der Waals surface area contributed by atoms with Crippen molar-refractivity contribution >= 4 is 11.4 Å². The molecule has 0 aliphatic heterocycles. The molecule has 1 aromatic rings. The van der Waals surface area contributed by atoms with Gasteiger partial charge in [0.05, 0.1) is 16.2 Å². The topological polar surface area (TPSA) is 64.7 Å². The standard InChI is InChI=1S/C11H10N2O3/c1-3-8-16-12-9(2)10-6-4-5-7-11(10)13(14)15/h1,4-7H,8H2,2H3/b12-9+. The zero-order chi connectivity index (χ0) is 12.0. The Morgan fingerprint density at radius 2 is 2.31 bits per heavy atom. The summed E-state index contributed by atoms with van der Waals surface area (Å²) in [7, 11) is 0. The van der Waals surface area contributed by atoms with Gasteiger partial charge in [-0.3, -0.25) is 10.1 Å². The highest BCUT2D eigenvalue weighted by molar-refractivity contribution is 6.01. The van der Waals surface area contributed by atoms with Crippen LogP contribution in [-0.2, 0) is 4.84 Å². The normalized spacial score (nSPS) is 10.6. The van der Waals surface area contributed by atoms with Gasteiger partial charge in [0.2, 0.25) is 0 Å². The molecule has 0 saturated heterocycles. The fourth-order valence-electron chi connectivity index (χ4n) is 1.15. The second kappa shape index (κ2) is 5.51. The first kappa shape index (κ1) is 11.7. The van der Waals surface area contributed by atoms with Crippen LogP contribution < -0.4 is 0 Å². The van der Waals surface area contributed by atoms with Crippen molar-refractivity contribution in [2.75, 3.05) is 6.61 Å². The number of nitro groups is 1. The van der Waals surface area contributed by atoms with Gasteiger partial charge in [0.15, 0.2) is 6.61 Å². The van der Waals surface area contributed by atoms with Gasteiger partial charge in [-0.05, 0) is 13.0 Å². The van der Waals surface area contributed by atoms with Crippen molar-refractivity contribution < 1.29 is 9.76 Å². The van der Waals surface area contributed by atoms with Crippen molar-refractivity contribution in [3.05, 3.63) is 39.9 Å². The lowest BCUT2D eigenvalue weighted by molar-refractivity contribution is -0.385. The summed E-state index contributed by atoms with van der Waals surface area (Å²) >= 11 is 0. The van der Waals surface area contributed by atoms with Crippen molar-refractivity contribution in [2.45, 2.75) is 6.92 Å². The molecular weight excluding hydrogens is 208 g/mol. The van der Waals surface area contributed by atoms with Gasteiger partial charge in [0.1, 0.15) is 0 Å². The molecule has 0 heterocycles. The third-order valence-corrected chi connectivity index (χ3v) is 1.84. The van der Waals surface area contributed by atoms with Crippen LogP contribution in [0.25, 0.3) is 0 Å². The van der Waals surface area contributed by atoms with Crippen LogP contribution in [0.5, 0.6) is 0 Å². The summed E-state index contributed by atoms with van der Waals surface area (Å²) in [5.41, 5.74) is 0.833. The monoisotopic (exact) mass is 218 g/mol. The lowest BCUT2D eigenvalue weighted by atomic mass is 10.1. The number of oxime groups is 1. The summed E-state index contributed by atoms with van der Waals surface area (Å²) in [6, 6.07) is 6.31. The van der Waals surface area contributed by atoms with E-state index in [1.807, 2.05) is 0 Å². The first-order valence-corrected chi connectivity index (χ1v) is 4.50. The summed E-state index contributed by atoms with van der Waals surface area (Å²) in [6.45, 7) is 1.66. The number of terminal acetylenes is 1. The van der Waals surface area contributed by atoms with E-state index in [-0.39, 0.29) is 12.3 Å². The summed E-state index contributed by atoms with van der Waals surface area (Å²) in [5.74, 6) is 2.25. The molecule has 0 aliphatic carbocycles. The minimum absolute atomic E-state index is 0.00643. The first-order valence-electron chi connectivity index (χ1n) is 4.50. The second-order valence-electron chi connectivity index (χ2n) is 2.93. The molecule has 0 spiro atoms. The van der Waals surface area contributed by atoms with E-state index in [1.165, 1.54) is 6.07 Å². The van der Waals surface area contributed by atoms with Crippen LogP contribution in [0.15, 0.2) is 29.4 Å². The van der Waals surface area contributed by atoms with Gasteiger partial charge in [0.25, 0.3) is 5.69 Å². The van der Waals surface area contributed by atoms with Crippen LogP contribution in [0.3, 0.4) is 0 Å². The zero-order valence-electron chi connectivity index (χ0n) is 8.71. The van der Waals surface area contributed by atoms with Crippen LogP contribution in [0, 0.1) is 22.5 Å². The van der Waals surface area contributed by atoms with E-state index < -0.39 is 4.92 Å². The van der Waals surface area contributed by atoms with Crippen LogP contribution in [-0.4, -0.2) is 17.2 Å². The number of hydrogen-bond donors (Lipinski definition) is 0. The number of nitro benzene ring substituents is 1. The average molecular weight is 218 g/mol. The summed E-state index contributed by atoms with van der Waals surface area (Å²) in [6.07, 6.45) is 4.98. The van der Waals surface area contributed by atoms with Crippen molar-refractivity contribution in [3.63, 3.8) is 0 Å². The molecule has 1 rings (SSSR count). The fraction of sp³-hybridized carbons (Fsp3) is 0.182. The molecule has 82 valence electrons. The van der Waals surface area contributed by atoms with E-state index >= 15 is 0 Å². The summed E-state index contributed by atoms with van der Waals surface area (Å²) in [5, 5.41) is 14.4. The molecule has 16 heavy (non-hydrogen) atoms. The van der Waals surface area contributed by atoms with Crippen molar-refractivity contribution in [2.24, 2.45) is 5.16 Å². The Morgan fingerprint density at radius 3 is 2.94 bits per heavy atom. The second-order valence-corrected chi connectivity index (χ2v) is 2.93. The number of hydrogen-bond acceptors (Lipinski definition) is 4. The summed E-state index contributed by atoms with van der Waals surface area (Å²) < 4.78 is 0. The van der Waals surface area contributed by atoms with E-state index in [0.717, 1.165) is 0 Å². The molecular formula is C11H10N2O3. The molecule has 0 bridgehead atoms. The van der Waals surface area contributed by atoms with Crippen LogP contribution in [0.1, 0.15) is 12.5 Å². The van der Waals surface area contributed by atoms with Gasteiger partial charge >= 0.3 is 0 Å². The molecule has 0 fully saturated rings. The van der Waals surface area contributed by atoms with Gasteiger partial charge < -0.3 is 4.84 Å². The minimum Gasteiger partial charge on any atom is -0.382 e. The third kappa shape index (κ3) is 2.82. The van der Waals surface area contributed by atoms with Gasteiger partial charge in [-0.15, -0.1) is 6.42 Å². The van der Waals surface area contributed by atoms with Gasteiger partial charge in [-0.25, -0.2) is 0 Å². The Labute approximate surface area is 92.9 Å². The number of para-hydroxylation sites is 1. The molecule has 0 radical (unpaired) electrons. The van der Waals surface area contributed by atoms with Gasteiger partial charge in [-0.1, -0.05) is 23.2 Å². The SMILES string of the molecule is C#CCO/N=C(\C)c1ccccc1[N+](=O)[O-]. The number of benzene rings is 1. The molecule has 0 unspecified atom stereocenters. The molecule has 5 nitrogen and oxygen atoms in total. The Hall–Kier alpha value is -2.35. The lowest BCUT2D eigenvalue weighted by Crippen LogP contribution is -2.02. The van der Waals surface area contributed by atoms with Crippen LogP contribution in [0.4, 0.5) is 5.69 Å². The van der Waals surface area contributed by atoms with E-state index in [0.29, 0.717) is 11.3 Å². The zero-order valence-corrected chi connectivity index (χ0v) is 8.71. The maximum Gasteiger partial charge on any atom is 0.278 e. The Balaban J connectivity index is 2.99. The van der Waals surface area contributed by atoms with E-state index in [1.54, 1.807) is 25.1 Å². The van der Waals surface area contributed by atoms with Gasteiger partial charge in [0, 0.05) is 6.07 Å². The minimum atomic E-state index is -0.463. The molecule has 0 saturated carbocycles.